The molecule has 2 atom stereocenters. The largest absolute Gasteiger partial charge is 0.480 e. The highest BCUT2D eigenvalue weighted by Gasteiger charge is 2.37. The molecule has 0 amide bonds. The Morgan fingerprint density at radius 1 is 1.04 bits per heavy atom. The Balaban J connectivity index is 2.01. The molecule has 3 nitrogen and oxygen atoms in total. The molecule has 0 aromatic heterocycles. The molecule has 0 spiro atoms. The Kier molecular flexibility index (Phi) is 4.81. The Hall–Kier alpha value is -2.34. The van der Waals surface area contributed by atoms with Crippen LogP contribution in [0.2, 0.25) is 0 Å². The quantitative estimate of drug-likeness (QED) is 0.892. The van der Waals surface area contributed by atoms with Gasteiger partial charge in [-0.2, -0.15) is 13.2 Å². The van der Waals surface area contributed by atoms with E-state index in [4.69, 9.17) is 0 Å². The Bertz CT molecular complexity index is 729. The third-order valence-corrected chi connectivity index (χ3v) is 4.58. The fraction of sp³-hybridized carbons (Fsp3) is 0.316. The first kappa shape index (κ1) is 17.5. The van der Waals surface area contributed by atoms with Crippen molar-refractivity contribution >= 4 is 5.97 Å². The van der Waals surface area contributed by atoms with Gasteiger partial charge in [-0.15, -0.1) is 0 Å². The first-order valence-electron chi connectivity index (χ1n) is 8.08. The van der Waals surface area contributed by atoms with Crippen molar-refractivity contribution in [1.82, 2.24) is 4.90 Å². The van der Waals surface area contributed by atoms with E-state index in [0.717, 1.165) is 24.1 Å². The lowest BCUT2D eigenvalue weighted by molar-refractivity contribution is -0.142. The van der Waals surface area contributed by atoms with Gasteiger partial charge < -0.3 is 5.11 Å². The number of benzene rings is 2. The van der Waals surface area contributed by atoms with E-state index in [2.05, 4.69) is 0 Å². The van der Waals surface area contributed by atoms with E-state index < -0.39 is 23.8 Å². The molecular weight excluding hydrogens is 331 g/mol. The first-order valence-corrected chi connectivity index (χ1v) is 8.08. The van der Waals surface area contributed by atoms with Gasteiger partial charge in [0.2, 0.25) is 0 Å². The number of alkyl halides is 3. The highest BCUT2D eigenvalue weighted by Crippen LogP contribution is 2.36. The van der Waals surface area contributed by atoms with Gasteiger partial charge in [-0.05, 0) is 36.1 Å². The van der Waals surface area contributed by atoms with E-state index in [1.165, 1.54) is 12.1 Å². The summed E-state index contributed by atoms with van der Waals surface area (Å²) in [6.07, 6.45) is -3.10. The summed E-state index contributed by atoms with van der Waals surface area (Å²) in [5.74, 6) is -0.898. The van der Waals surface area contributed by atoms with E-state index in [-0.39, 0.29) is 6.04 Å². The van der Waals surface area contributed by atoms with E-state index in [1.807, 2.05) is 35.2 Å². The molecule has 2 unspecified atom stereocenters. The van der Waals surface area contributed by atoms with Crippen LogP contribution in [0.5, 0.6) is 0 Å². The number of carbonyl (C=O) groups is 1. The smallest absolute Gasteiger partial charge is 0.416 e. The maximum atomic E-state index is 12.8. The minimum Gasteiger partial charge on any atom is -0.480 e. The first-order chi connectivity index (χ1) is 11.9. The zero-order valence-corrected chi connectivity index (χ0v) is 13.4. The maximum absolute atomic E-state index is 12.8. The van der Waals surface area contributed by atoms with Crippen molar-refractivity contribution in [2.75, 3.05) is 6.54 Å². The summed E-state index contributed by atoms with van der Waals surface area (Å²) in [4.78, 5) is 13.4. The van der Waals surface area contributed by atoms with Gasteiger partial charge in [0.1, 0.15) is 6.04 Å². The summed E-state index contributed by atoms with van der Waals surface area (Å²) in [5.41, 5.74) is 0.821. The summed E-state index contributed by atoms with van der Waals surface area (Å²) in [6, 6.07) is 13.3. The van der Waals surface area contributed by atoms with Gasteiger partial charge in [0.05, 0.1) is 11.6 Å². The molecule has 1 aliphatic rings. The van der Waals surface area contributed by atoms with Crippen LogP contribution in [-0.2, 0) is 11.0 Å². The van der Waals surface area contributed by atoms with E-state index >= 15 is 0 Å². The average molecular weight is 349 g/mol. The lowest BCUT2D eigenvalue weighted by Gasteiger charge is -2.32. The molecule has 6 heteroatoms. The highest BCUT2D eigenvalue weighted by atomic mass is 19.4. The van der Waals surface area contributed by atoms with E-state index in [9.17, 15) is 23.1 Å². The van der Waals surface area contributed by atoms with Gasteiger partial charge >= 0.3 is 12.1 Å². The van der Waals surface area contributed by atoms with Crippen molar-refractivity contribution in [3.8, 4) is 0 Å². The molecule has 1 N–H and O–H groups in total. The number of hydrogen-bond donors (Lipinski definition) is 1. The fourth-order valence-corrected chi connectivity index (χ4v) is 3.43. The number of carboxylic acids is 1. The van der Waals surface area contributed by atoms with E-state index in [1.54, 1.807) is 0 Å². The lowest BCUT2D eigenvalue weighted by atomic mass is 9.95. The molecule has 1 aliphatic heterocycles. The zero-order valence-electron chi connectivity index (χ0n) is 13.4. The number of likely N-dealkylation sites (tertiary alicyclic amines) is 1. The van der Waals surface area contributed by atoms with E-state index in [0.29, 0.717) is 18.5 Å². The van der Waals surface area contributed by atoms with Crippen LogP contribution in [0.25, 0.3) is 0 Å². The van der Waals surface area contributed by atoms with Gasteiger partial charge in [0, 0.05) is 6.54 Å². The van der Waals surface area contributed by atoms with Crippen molar-refractivity contribution in [2.45, 2.75) is 31.1 Å². The van der Waals surface area contributed by atoms with Crippen LogP contribution in [0.4, 0.5) is 13.2 Å². The molecular formula is C19H18F3NO2. The van der Waals surface area contributed by atoms with Gasteiger partial charge in [0.15, 0.2) is 0 Å². The predicted octanol–water partition coefficient (Wildman–Crippen LogP) is 4.34. The number of nitrogens with zero attached hydrogens (tertiary/aromatic N) is 1. The predicted molar refractivity (Wildman–Crippen MR) is 87.1 cm³/mol. The number of carboxylic acid groups (broad SMARTS) is 1. The molecule has 2 aromatic rings. The number of halogens is 3. The third kappa shape index (κ3) is 3.69. The lowest BCUT2D eigenvalue weighted by Crippen LogP contribution is -2.39. The van der Waals surface area contributed by atoms with Crippen molar-refractivity contribution in [3.05, 3.63) is 71.3 Å². The number of aliphatic carboxylic acids is 1. The Morgan fingerprint density at radius 2 is 1.64 bits per heavy atom. The third-order valence-electron chi connectivity index (χ3n) is 4.58. The molecule has 132 valence electrons. The molecule has 1 saturated heterocycles. The van der Waals surface area contributed by atoms with Crippen molar-refractivity contribution in [2.24, 2.45) is 0 Å². The minimum absolute atomic E-state index is 0.382. The van der Waals surface area contributed by atoms with Crippen LogP contribution in [0.1, 0.15) is 35.6 Å². The molecule has 0 bridgehead atoms. The van der Waals surface area contributed by atoms with Crippen molar-refractivity contribution < 1.29 is 23.1 Å². The van der Waals surface area contributed by atoms with Crippen LogP contribution < -0.4 is 0 Å². The van der Waals surface area contributed by atoms with Crippen LogP contribution in [0, 0.1) is 0 Å². The minimum atomic E-state index is -4.39. The van der Waals surface area contributed by atoms with Crippen LogP contribution in [0.15, 0.2) is 54.6 Å². The molecule has 1 fully saturated rings. The second-order valence-electron chi connectivity index (χ2n) is 6.17. The highest BCUT2D eigenvalue weighted by molar-refractivity contribution is 5.74. The molecule has 1 heterocycles. The van der Waals surface area contributed by atoms with Crippen molar-refractivity contribution in [1.29, 1.82) is 0 Å². The summed E-state index contributed by atoms with van der Waals surface area (Å²) in [5, 5.41) is 9.49. The fourth-order valence-electron chi connectivity index (χ4n) is 3.43. The molecule has 2 aromatic carbocycles. The second kappa shape index (κ2) is 6.88. The maximum Gasteiger partial charge on any atom is 0.416 e. The van der Waals surface area contributed by atoms with Crippen LogP contribution >= 0.6 is 0 Å². The summed E-state index contributed by atoms with van der Waals surface area (Å²) < 4.78 is 38.5. The van der Waals surface area contributed by atoms with Gasteiger partial charge in [0.25, 0.3) is 0 Å². The summed E-state index contributed by atoms with van der Waals surface area (Å²) in [6.45, 7) is 0.595. The standard InChI is InChI=1S/C19H18F3NO2/c20-19(21,22)15-10-8-14(9-11-15)17(13-5-2-1-3-6-13)23-12-4-7-16(23)18(24)25/h1-3,5-6,8-11,16-17H,4,7,12H2,(H,24,25). The SMILES string of the molecule is O=C(O)C1CCCN1C(c1ccccc1)c1ccc(C(F)(F)F)cc1. The second-order valence-corrected chi connectivity index (χ2v) is 6.17. The molecule has 0 saturated carbocycles. The van der Waals surface area contributed by atoms with Crippen LogP contribution in [-0.4, -0.2) is 28.6 Å². The average Bonchev–Trinajstić information content (AvgIpc) is 3.05. The van der Waals surface area contributed by atoms with Gasteiger partial charge in [-0.25, -0.2) is 0 Å². The molecule has 0 aliphatic carbocycles. The molecule has 25 heavy (non-hydrogen) atoms. The number of rotatable bonds is 4. The molecule has 3 rings (SSSR count). The summed E-state index contributed by atoms with van der Waals surface area (Å²) >= 11 is 0. The zero-order chi connectivity index (χ0) is 18.0. The Morgan fingerprint density at radius 3 is 2.20 bits per heavy atom. The van der Waals surface area contributed by atoms with Gasteiger partial charge in [-0.1, -0.05) is 42.5 Å². The number of hydrogen-bond acceptors (Lipinski definition) is 2. The van der Waals surface area contributed by atoms with Gasteiger partial charge in [-0.3, -0.25) is 9.69 Å². The summed E-state index contributed by atoms with van der Waals surface area (Å²) in [7, 11) is 0. The van der Waals surface area contributed by atoms with Crippen molar-refractivity contribution in [3.63, 3.8) is 0 Å². The topological polar surface area (TPSA) is 40.5 Å². The monoisotopic (exact) mass is 349 g/mol. The molecule has 0 radical (unpaired) electrons. The van der Waals surface area contributed by atoms with Crippen LogP contribution in [0.3, 0.4) is 0 Å². The normalized spacial score (nSPS) is 19.7. The Labute approximate surface area is 143 Å².